The summed E-state index contributed by atoms with van der Waals surface area (Å²) in [6.07, 6.45) is 3.44. The first-order valence-corrected chi connectivity index (χ1v) is 10.9. The van der Waals surface area contributed by atoms with E-state index in [9.17, 15) is 16.8 Å². The quantitative estimate of drug-likeness (QED) is 0.824. The summed E-state index contributed by atoms with van der Waals surface area (Å²) in [7, 11) is -6.77. The molecule has 2 aliphatic rings. The number of rotatable bonds is 3. The summed E-state index contributed by atoms with van der Waals surface area (Å²) in [5.74, 6) is 0. The molecule has 1 aromatic rings. The molecule has 2 aliphatic heterocycles. The van der Waals surface area contributed by atoms with Crippen LogP contribution in [0.5, 0.6) is 0 Å². The van der Waals surface area contributed by atoms with Gasteiger partial charge in [0.2, 0.25) is 10.0 Å². The minimum Gasteiger partial charge on any atom is -0.229 e. The average Bonchev–Trinajstić information content (AvgIpc) is 2.69. The van der Waals surface area contributed by atoms with Gasteiger partial charge in [0.1, 0.15) is 9.84 Å². The van der Waals surface area contributed by atoms with Crippen LogP contribution in [-0.4, -0.2) is 44.7 Å². The predicted molar refractivity (Wildman–Crippen MR) is 85.2 cm³/mol. The summed E-state index contributed by atoms with van der Waals surface area (Å²) in [5, 5.41) is -0.0599. The Morgan fingerprint density at radius 2 is 1.68 bits per heavy atom. The summed E-state index contributed by atoms with van der Waals surface area (Å²) in [4.78, 5) is 0.176. The molecule has 0 saturated carbocycles. The third kappa shape index (κ3) is 2.79. The molecule has 2 atom stereocenters. The summed E-state index contributed by atoms with van der Waals surface area (Å²) >= 11 is 5.90. The van der Waals surface area contributed by atoms with Crippen LogP contribution in [0.15, 0.2) is 29.2 Å². The molecule has 0 aromatic heterocycles. The molecule has 3 rings (SSSR count). The molecule has 2 unspecified atom stereocenters. The second-order valence-corrected chi connectivity index (χ2v) is 10.7. The van der Waals surface area contributed by atoms with Crippen molar-refractivity contribution in [2.24, 2.45) is 0 Å². The molecule has 0 radical (unpaired) electrons. The lowest BCUT2D eigenvalue weighted by atomic mass is 10.1. The van der Waals surface area contributed by atoms with E-state index in [0.29, 0.717) is 17.9 Å². The molecule has 0 spiro atoms. The second kappa shape index (κ2) is 5.47. The van der Waals surface area contributed by atoms with Gasteiger partial charge in [-0.2, -0.15) is 4.31 Å². The van der Waals surface area contributed by atoms with Crippen LogP contribution in [0.3, 0.4) is 0 Å². The van der Waals surface area contributed by atoms with Gasteiger partial charge in [-0.15, -0.1) is 0 Å². The number of halogens is 1. The van der Waals surface area contributed by atoms with Gasteiger partial charge in [0.05, 0.1) is 10.1 Å². The largest absolute Gasteiger partial charge is 0.243 e. The highest BCUT2D eigenvalue weighted by Gasteiger charge is 2.49. The SMILES string of the molecule is CS(=O)(=O)C1CC2CCC(C1)N2S(=O)(=O)c1cccc(Cl)c1. The maximum Gasteiger partial charge on any atom is 0.243 e. The summed E-state index contributed by atoms with van der Waals surface area (Å²) < 4.78 is 50.8. The summed E-state index contributed by atoms with van der Waals surface area (Å²) in [5.41, 5.74) is 0. The fourth-order valence-corrected chi connectivity index (χ4v) is 6.91. The highest BCUT2D eigenvalue weighted by atomic mass is 35.5. The lowest BCUT2D eigenvalue weighted by Gasteiger charge is -2.37. The highest BCUT2D eigenvalue weighted by molar-refractivity contribution is 7.91. The number of nitrogens with zero attached hydrogens (tertiary/aromatic N) is 1. The molecular formula is C14H18ClNO4S2. The minimum atomic E-state index is -3.64. The van der Waals surface area contributed by atoms with Crippen LogP contribution in [0, 0.1) is 0 Å². The van der Waals surface area contributed by atoms with Crippen molar-refractivity contribution in [1.29, 1.82) is 0 Å². The van der Waals surface area contributed by atoms with Crippen LogP contribution in [0.4, 0.5) is 0 Å². The zero-order valence-electron chi connectivity index (χ0n) is 12.1. The number of benzene rings is 1. The Labute approximate surface area is 136 Å². The lowest BCUT2D eigenvalue weighted by molar-refractivity contribution is 0.249. The van der Waals surface area contributed by atoms with Gasteiger partial charge in [0.25, 0.3) is 0 Å². The van der Waals surface area contributed by atoms with Crippen molar-refractivity contribution in [3.63, 3.8) is 0 Å². The predicted octanol–water partition coefficient (Wildman–Crippen LogP) is 2.07. The Hall–Kier alpha value is -0.630. The van der Waals surface area contributed by atoms with E-state index in [2.05, 4.69) is 0 Å². The first-order valence-electron chi connectivity index (χ1n) is 7.17. The number of fused-ring (bicyclic) bond motifs is 2. The summed E-state index contributed by atoms with van der Waals surface area (Å²) in [6, 6.07) is 5.75. The third-order valence-corrected chi connectivity index (χ3v) is 8.43. The van der Waals surface area contributed by atoms with E-state index in [4.69, 9.17) is 11.6 Å². The highest BCUT2D eigenvalue weighted by Crippen LogP contribution is 2.41. The number of piperidine rings is 1. The molecule has 0 aliphatic carbocycles. The van der Waals surface area contributed by atoms with Crippen molar-refractivity contribution in [2.75, 3.05) is 6.26 Å². The molecule has 2 saturated heterocycles. The maximum absolute atomic E-state index is 12.9. The van der Waals surface area contributed by atoms with Gasteiger partial charge in [-0.25, -0.2) is 16.8 Å². The van der Waals surface area contributed by atoms with Crippen molar-refractivity contribution in [3.05, 3.63) is 29.3 Å². The van der Waals surface area contributed by atoms with E-state index in [-0.39, 0.29) is 17.0 Å². The molecule has 0 N–H and O–H groups in total. The number of hydrogen-bond acceptors (Lipinski definition) is 4. The number of sulfone groups is 1. The smallest absolute Gasteiger partial charge is 0.229 e. The Morgan fingerprint density at radius 1 is 1.09 bits per heavy atom. The van der Waals surface area contributed by atoms with Gasteiger partial charge in [-0.3, -0.25) is 0 Å². The molecule has 0 amide bonds. The standard InChI is InChI=1S/C14H18ClNO4S2/c1-21(17,18)14-8-11-5-6-12(9-14)16(11)22(19,20)13-4-2-3-10(15)7-13/h2-4,7,11-12,14H,5-6,8-9H2,1H3. The van der Waals surface area contributed by atoms with Gasteiger partial charge in [0, 0.05) is 23.4 Å². The Bertz CT molecular complexity index is 777. The molecule has 2 bridgehead atoms. The van der Waals surface area contributed by atoms with Crippen LogP contribution in [-0.2, 0) is 19.9 Å². The lowest BCUT2D eigenvalue weighted by Crippen LogP contribution is -2.49. The molecule has 5 nitrogen and oxygen atoms in total. The van der Waals surface area contributed by atoms with E-state index in [1.54, 1.807) is 12.1 Å². The van der Waals surface area contributed by atoms with E-state index in [1.807, 2.05) is 0 Å². The van der Waals surface area contributed by atoms with E-state index in [0.717, 1.165) is 12.8 Å². The normalized spacial score (nSPS) is 29.6. The molecule has 8 heteroatoms. The monoisotopic (exact) mass is 363 g/mol. The average molecular weight is 364 g/mol. The fourth-order valence-electron chi connectivity index (χ4n) is 3.58. The minimum absolute atomic E-state index is 0.176. The molecule has 1 aromatic carbocycles. The van der Waals surface area contributed by atoms with Crippen molar-refractivity contribution in [1.82, 2.24) is 4.31 Å². The molecule has 122 valence electrons. The van der Waals surface area contributed by atoms with E-state index < -0.39 is 25.1 Å². The van der Waals surface area contributed by atoms with Crippen LogP contribution < -0.4 is 0 Å². The number of sulfonamides is 1. The summed E-state index contributed by atoms with van der Waals surface area (Å²) in [6.45, 7) is 0. The number of hydrogen-bond donors (Lipinski definition) is 0. The van der Waals surface area contributed by atoms with Crippen molar-refractivity contribution in [2.45, 2.75) is 47.9 Å². The van der Waals surface area contributed by atoms with Crippen molar-refractivity contribution < 1.29 is 16.8 Å². The first-order chi connectivity index (χ1) is 10.2. The topological polar surface area (TPSA) is 71.5 Å². The van der Waals surface area contributed by atoms with Crippen molar-refractivity contribution in [3.8, 4) is 0 Å². The zero-order chi connectivity index (χ0) is 16.1. The Kier molecular flexibility index (Phi) is 4.04. The second-order valence-electron chi connectivity index (χ2n) is 6.10. The van der Waals surface area contributed by atoms with Gasteiger partial charge in [-0.1, -0.05) is 17.7 Å². The van der Waals surface area contributed by atoms with Gasteiger partial charge in [-0.05, 0) is 43.9 Å². The molecular weight excluding hydrogens is 346 g/mol. The van der Waals surface area contributed by atoms with Crippen LogP contribution in [0.2, 0.25) is 5.02 Å². The fraction of sp³-hybridized carbons (Fsp3) is 0.571. The van der Waals surface area contributed by atoms with Gasteiger partial charge < -0.3 is 0 Å². The van der Waals surface area contributed by atoms with Crippen molar-refractivity contribution >= 4 is 31.5 Å². The Morgan fingerprint density at radius 3 is 2.18 bits per heavy atom. The molecule has 2 heterocycles. The van der Waals surface area contributed by atoms with Crippen LogP contribution in [0.25, 0.3) is 0 Å². The third-order valence-electron chi connectivity index (χ3n) is 4.60. The molecule has 2 fully saturated rings. The van der Waals surface area contributed by atoms with E-state index >= 15 is 0 Å². The first kappa shape index (κ1) is 16.2. The zero-order valence-corrected chi connectivity index (χ0v) is 14.5. The Balaban J connectivity index is 1.94. The van der Waals surface area contributed by atoms with Gasteiger partial charge in [0.15, 0.2) is 0 Å². The van der Waals surface area contributed by atoms with Crippen LogP contribution in [0.1, 0.15) is 25.7 Å². The van der Waals surface area contributed by atoms with Gasteiger partial charge >= 0.3 is 0 Å². The van der Waals surface area contributed by atoms with E-state index in [1.165, 1.54) is 22.7 Å². The maximum atomic E-state index is 12.9. The molecule has 22 heavy (non-hydrogen) atoms. The van der Waals surface area contributed by atoms with Crippen LogP contribution >= 0.6 is 11.6 Å².